The molecule has 1 aliphatic rings. The Balaban J connectivity index is 2.21. The zero-order valence-electron chi connectivity index (χ0n) is 11.3. The van der Waals surface area contributed by atoms with Crippen LogP contribution in [0.1, 0.15) is 19.4 Å². The summed E-state index contributed by atoms with van der Waals surface area (Å²) in [5.41, 5.74) is 1.39. The number of carbonyl (C=O) groups is 2. The highest BCUT2D eigenvalue weighted by Crippen LogP contribution is 2.23. The lowest BCUT2D eigenvalue weighted by Crippen LogP contribution is -2.42. The first-order valence-corrected chi connectivity index (χ1v) is 6.08. The first kappa shape index (κ1) is 13.9. The largest absolute Gasteiger partial charge is 0.419 e. The number of hydrogen-bond donors (Lipinski definition) is 1. The van der Waals surface area contributed by atoms with E-state index in [1.807, 2.05) is 18.2 Å². The number of carbonyl (C=O) groups excluding carboxylic acids is 2. The Morgan fingerprint density at radius 2 is 1.75 bits per heavy atom. The van der Waals surface area contributed by atoms with Crippen LogP contribution >= 0.6 is 0 Å². The molecule has 0 atom stereocenters. The fourth-order valence-corrected chi connectivity index (χ4v) is 1.73. The standard InChI is InChI=1S/C15H15NO4/c1-4-10-7-5-6-8-12(10)16-9-11-13(17)19-15(2,3)20-14(11)18/h4-9,16H,1H2,2-3H3. The molecule has 104 valence electrons. The van der Waals surface area contributed by atoms with E-state index in [0.717, 1.165) is 11.3 Å². The highest BCUT2D eigenvalue weighted by atomic mass is 16.7. The maximum absolute atomic E-state index is 11.7. The Kier molecular flexibility index (Phi) is 3.61. The van der Waals surface area contributed by atoms with Gasteiger partial charge in [-0.15, -0.1) is 0 Å². The Morgan fingerprint density at radius 3 is 2.35 bits per heavy atom. The Morgan fingerprint density at radius 1 is 1.15 bits per heavy atom. The third-order valence-corrected chi connectivity index (χ3v) is 2.67. The van der Waals surface area contributed by atoms with Gasteiger partial charge in [0.15, 0.2) is 5.57 Å². The molecule has 5 nitrogen and oxygen atoms in total. The van der Waals surface area contributed by atoms with Crippen LogP contribution < -0.4 is 5.32 Å². The number of hydrogen-bond acceptors (Lipinski definition) is 5. The average Bonchev–Trinajstić information content (AvgIpc) is 2.36. The normalized spacial score (nSPS) is 17.0. The van der Waals surface area contributed by atoms with Gasteiger partial charge in [-0.2, -0.15) is 0 Å². The molecule has 2 rings (SSSR count). The van der Waals surface area contributed by atoms with Gasteiger partial charge in [0.25, 0.3) is 5.79 Å². The number of benzene rings is 1. The molecule has 0 bridgehead atoms. The second kappa shape index (κ2) is 5.21. The van der Waals surface area contributed by atoms with Crippen LogP contribution in [0, 0.1) is 0 Å². The molecule has 0 aromatic heterocycles. The van der Waals surface area contributed by atoms with Crippen molar-refractivity contribution in [2.24, 2.45) is 0 Å². The summed E-state index contributed by atoms with van der Waals surface area (Å²) >= 11 is 0. The van der Waals surface area contributed by atoms with Crippen molar-refractivity contribution in [3.63, 3.8) is 0 Å². The van der Waals surface area contributed by atoms with Crippen LogP contribution in [-0.2, 0) is 19.1 Å². The molecule has 1 aromatic carbocycles. The molecule has 0 unspecified atom stereocenters. The van der Waals surface area contributed by atoms with Crippen molar-refractivity contribution in [3.8, 4) is 0 Å². The van der Waals surface area contributed by atoms with Gasteiger partial charge in [0, 0.05) is 25.7 Å². The van der Waals surface area contributed by atoms with E-state index in [1.165, 1.54) is 20.0 Å². The monoisotopic (exact) mass is 273 g/mol. The van der Waals surface area contributed by atoms with E-state index in [2.05, 4.69) is 11.9 Å². The number of para-hydroxylation sites is 1. The van der Waals surface area contributed by atoms with Gasteiger partial charge in [-0.1, -0.05) is 30.9 Å². The van der Waals surface area contributed by atoms with Crippen molar-refractivity contribution in [2.45, 2.75) is 19.6 Å². The average molecular weight is 273 g/mol. The summed E-state index contributed by atoms with van der Waals surface area (Å²) in [7, 11) is 0. The molecule has 0 radical (unpaired) electrons. The molecular weight excluding hydrogens is 258 g/mol. The van der Waals surface area contributed by atoms with Crippen molar-refractivity contribution >= 4 is 23.7 Å². The zero-order valence-corrected chi connectivity index (χ0v) is 11.3. The minimum absolute atomic E-state index is 0.178. The highest BCUT2D eigenvalue weighted by Gasteiger charge is 2.38. The predicted octanol–water partition coefficient (Wildman–Crippen LogP) is 2.46. The Labute approximate surface area is 116 Å². The van der Waals surface area contributed by atoms with E-state index in [1.54, 1.807) is 12.1 Å². The first-order chi connectivity index (χ1) is 9.43. The molecule has 0 spiro atoms. The number of anilines is 1. The number of rotatable bonds is 3. The predicted molar refractivity (Wildman–Crippen MR) is 74.5 cm³/mol. The molecule has 20 heavy (non-hydrogen) atoms. The van der Waals surface area contributed by atoms with E-state index >= 15 is 0 Å². The van der Waals surface area contributed by atoms with Gasteiger partial charge in [0.2, 0.25) is 0 Å². The van der Waals surface area contributed by atoms with Crippen molar-refractivity contribution in [3.05, 3.63) is 48.2 Å². The Hall–Kier alpha value is -2.56. The van der Waals surface area contributed by atoms with Crippen LogP contribution in [0.2, 0.25) is 0 Å². The zero-order chi connectivity index (χ0) is 14.8. The quantitative estimate of drug-likeness (QED) is 0.520. The smallest absolute Gasteiger partial charge is 0.350 e. The van der Waals surface area contributed by atoms with Crippen LogP contribution in [-0.4, -0.2) is 17.7 Å². The van der Waals surface area contributed by atoms with E-state index in [-0.39, 0.29) is 5.57 Å². The topological polar surface area (TPSA) is 64.6 Å². The molecule has 0 amide bonds. The van der Waals surface area contributed by atoms with Gasteiger partial charge in [-0.25, -0.2) is 9.59 Å². The van der Waals surface area contributed by atoms with E-state index in [4.69, 9.17) is 9.47 Å². The van der Waals surface area contributed by atoms with Crippen LogP contribution in [0.4, 0.5) is 5.69 Å². The second-order valence-electron chi connectivity index (χ2n) is 4.67. The maximum atomic E-state index is 11.7. The lowest BCUT2D eigenvalue weighted by Gasteiger charge is -2.29. The molecule has 0 aliphatic carbocycles. The van der Waals surface area contributed by atoms with E-state index < -0.39 is 17.7 Å². The molecular formula is C15H15NO4. The number of cyclic esters (lactones) is 2. The van der Waals surface area contributed by atoms with E-state index in [0.29, 0.717) is 0 Å². The number of esters is 2. The molecule has 5 heteroatoms. The summed E-state index contributed by atoms with van der Waals surface area (Å²) in [6.07, 6.45) is 2.95. The molecule has 1 aliphatic heterocycles. The van der Waals surface area contributed by atoms with Gasteiger partial charge >= 0.3 is 11.9 Å². The lowest BCUT2D eigenvalue weighted by molar-refractivity contribution is -0.222. The molecule has 1 fully saturated rings. The third kappa shape index (κ3) is 2.88. The van der Waals surface area contributed by atoms with Gasteiger partial charge in [0.05, 0.1) is 0 Å². The summed E-state index contributed by atoms with van der Waals surface area (Å²) in [6.45, 7) is 6.69. The van der Waals surface area contributed by atoms with Crippen molar-refractivity contribution in [1.29, 1.82) is 0 Å². The molecule has 0 saturated carbocycles. The maximum Gasteiger partial charge on any atom is 0.350 e. The highest BCUT2D eigenvalue weighted by molar-refractivity contribution is 6.15. The van der Waals surface area contributed by atoms with Crippen LogP contribution in [0.25, 0.3) is 6.08 Å². The number of ether oxygens (including phenoxy) is 2. The summed E-state index contributed by atoms with van der Waals surface area (Å²) in [4.78, 5) is 23.5. The van der Waals surface area contributed by atoms with Gasteiger partial charge in [-0.05, 0) is 11.6 Å². The van der Waals surface area contributed by atoms with Crippen molar-refractivity contribution in [1.82, 2.24) is 0 Å². The van der Waals surface area contributed by atoms with Crippen molar-refractivity contribution in [2.75, 3.05) is 5.32 Å². The molecule has 1 heterocycles. The SMILES string of the molecule is C=Cc1ccccc1NC=C1C(=O)OC(C)(C)OC1=O. The van der Waals surface area contributed by atoms with Crippen LogP contribution in [0.5, 0.6) is 0 Å². The van der Waals surface area contributed by atoms with Crippen molar-refractivity contribution < 1.29 is 19.1 Å². The van der Waals surface area contributed by atoms with Gasteiger partial charge in [-0.3, -0.25) is 0 Å². The minimum atomic E-state index is -1.23. The van der Waals surface area contributed by atoms with Gasteiger partial charge in [0.1, 0.15) is 0 Å². The number of nitrogens with one attached hydrogen (secondary N) is 1. The van der Waals surface area contributed by atoms with Crippen LogP contribution in [0.3, 0.4) is 0 Å². The Bertz CT molecular complexity index is 580. The fourth-order valence-electron chi connectivity index (χ4n) is 1.73. The summed E-state index contributed by atoms with van der Waals surface area (Å²) < 4.78 is 9.98. The summed E-state index contributed by atoms with van der Waals surface area (Å²) in [5, 5.41) is 2.89. The van der Waals surface area contributed by atoms with Gasteiger partial charge < -0.3 is 14.8 Å². The molecule has 1 saturated heterocycles. The molecule has 1 N–H and O–H groups in total. The third-order valence-electron chi connectivity index (χ3n) is 2.67. The summed E-state index contributed by atoms with van der Waals surface area (Å²) in [6, 6.07) is 7.35. The molecule has 1 aromatic rings. The summed E-state index contributed by atoms with van der Waals surface area (Å²) in [5.74, 6) is -2.66. The second-order valence-corrected chi connectivity index (χ2v) is 4.67. The van der Waals surface area contributed by atoms with E-state index in [9.17, 15) is 9.59 Å². The fraction of sp³-hybridized carbons (Fsp3) is 0.200. The first-order valence-electron chi connectivity index (χ1n) is 6.08. The van der Waals surface area contributed by atoms with Crippen LogP contribution in [0.15, 0.2) is 42.6 Å². The minimum Gasteiger partial charge on any atom is -0.419 e. The lowest BCUT2D eigenvalue weighted by atomic mass is 10.1.